The van der Waals surface area contributed by atoms with Gasteiger partial charge in [0.1, 0.15) is 5.60 Å². The molecule has 0 atom stereocenters. The Balaban J connectivity index is 2.11. The van der Waals surface area contributed by atoms with Crippen molar-refractivity contribution in [2.45, 2.75) is 25.4 Å². The van der Waals surface area contributed by atoms with Gasteiger partial charge in [0.25, 0.3) is 0 Å². The highest BCUT2D eigenvalue weighted by Gasteiger charge is 2.46. The number of ether oxygens (including phenoxy) is 1. The third-order valence-corrected chi connectivity index (χ3v) is 3.53. The summed E-state index contributed by atoms with van der Waals surface area (Å²) in [4.78, 5) is 26.8. The van der Waals surface area contributed by atoms with E-state index in [0.29, 0.717) is 13.1 Å². The Labute approximate surface area is 95.3 Å². The lowest BCUT2D eigenvalue weighted by Gasteiger charge is -2.45. The highest BCUT2D eigenvalue weighted by atomic mass is 16.6. The van der Waals surface area contributed by atoms with Crippen molar-refractivity contribution in [3.8, 4) is 0 Å². The number of piperidine rings is 1. The molecule has 0 aliphatic carbocycles. The number of esters is 1. The van der Waals surface area contributed by atoms with Crippen LogP contribution in [0, 0.1) is 0 Å². The number of carbonyl (C=O) groups is 2. The van der Waals surface area contributed by atoms with Gasteiger partial charge in [-0.25, -0.2) is 4.79 Å². The summed E-state index contributed by atoms with van der Waals surface area (Å²) >= 11 is 0. The van der Waals surface area contributed by atoms with E-state index >= 15 is 0 Å². The highest BCUT2D eigenvalue weighted by molar-refractivity contribution is 6.33. The van der Waals surface area contributed by atoms with Crippen molar-refractivity contribution in [3.05, 3.63) is 0 Å². The molecular weight excluding hydrogens is 208 g/mol. The molecule has 0 unspecified atom stereocenters. The molecule has 2 aliphatic rings. The van der Waals surface area contributed by atoms with Crippen LogP contribution in [-0.2, 0) is 14.3 Å². The van der Waals surface area contributed by atoms with Crippen LogP contribution in [0.15, 0.2) is 0 Å². The van der Waals surface area contributed by atoms with Crippen molar-refractivity contribution < 1.29 is 14.3 Å². The smallest absolute Gasteiger partial charge is 0.397 e. The van der Waals surface area contributed by atoms with Gasteiger partial charge in [-0.1, -0.05) is 0 Å². The first-order valence-electron chi connectivity index (χ1n) is 5.77. The molecule has 0 aromatic carbocycles. The molecule has 90 valence electrons. The normalized spacial score (nSPS) is 26.0. The van der Waals surface area contributed by atoms with Crippen LogP contribution in [0.1, 0.15) is 19.8 Å². The van der Waals surface area contributed by atoms with Crippen LogP contribution < -0.4 is 0 Å². The second-order valence-electron chi connectivity index (χ2n) is 4.70. The Morgan fingerprint density at radius 1 is 1.31 bits per heavy atom. The summed E-state index contributed by atoms with van der Waals surface area (Å²) in [5.74, 6) is -1.18. The molecule has 2 heterocycles. The second-order valence-corrected chi connectivity index (χ2v) is 4.70. The molecule has 5 heteroatoms. The molecule has 0 aromatic rings. The molecule has 2 rings (SSSR count). The molecular formula is C11H18N2O3. The van der Waals surface area contributed by atoms with Gasteiger partial charge in [0.15, 0.2) is 0 Å². The summed E-state index contributed by atoms with van der Waals surface area (Å²) in [7, 11) is 2.06. The molecule has 0 saturated carbocycles. The van der Waals surface area contributed by atoms with Crippen molar-refractivity contribution in [1.29, 1.82) is 0 Å². The number of carbonyl (C=O) groups excluding carboxylic acids is 2. The first-order valence-corrected chi connectivity index (χ1v) is 5.77. The molecule has 2 saturated heterocycles. The fourth-order valence-electron chi connectivity index (χ4n) is 2.36. The Kier molecular flexibility index (Phi) is 2.88. The predicted octanol–water partition coefficient (Wildman–Crippen LogP) is -0.144. The molecule has 0 aromatic heterocycles. The molecule has 16 heavy (non-hydrogen) atoms. The number of nitrogens with zero attached hydrogens (tertiary/aromatic N) is 2. The Morgan fingerprint density at radius 3 is 2.50 bits per heavy atom. The summed E-state index contributed by atoms with van der Waals surface area (Å²) in [6.07, 6.45) is 1.64. The van der Waals surface area contributed by atoms with Gasteiger partial charge in [0, 0.05) is 32.5 Å². The van der Waals surface area contributed by atoms with Gasteiger partial charge in [-0.3, -0.25) is 4.79 Å². The van der Waals surface area contributed by atoms with Gasteiger partial charge in [0.2, 0.25) is 0 Å². The van der Waals surface area contributed by atoms with E-state index in [1.54, 1.807) is 4.90 Å². The number of likely N-dealkylation sites (N-methyl/N-ethyl adjacent to an activating group) is 1. The molecule has 1 spiro atoms. The van der Waals surface area contributed by atoms with E-state index in [-0.39, 0.29) is 0 Å². The van der Waals surface area contributed by atoms with Crippen LogP contribution in [-0.4, -0.2) is 60.5 Å². The maximum atomic E-state index is 11.5. The lowest BCUT2D eigenvalue weighted by Crippen LogP contribution is -2.60. The zero-order chi connectivity index (χ0) is 11.8. The average molecular weight is 226 g/mol. The number of likely N-dealkylation sites (tertiary alicyclic amines) is 1. The summed E-state index contributed by atoms with van der Waals surface area (Å²) in [6, 6.07) is 0. The highest BCUT2D eigenvalue weighted by Crippen LogP contribution is 2.30. The van der Waals surface area contributed by atoms with E-state index in [9.17, 15) is 9.59 Å². The van der Waals surface area contributed by atoms with Crippen molar-refractivity contribution in [3.63, 3.8) is 0 Å². The van der Waals surface area contributed by atoms with Gasteiger partial charge in [-0.2, -0.15) is 0 Å². The SMILES string of the molecule is CCN1CC2(CCN(C)CC2)OC(=O)C1=O. The first-order chi connectivity index (χ1) is 7.56. The standard InChI is InChI=1S/C11H18N2O3/c1-3-13-8-11(16-10(15)9(13)14)4-6-12(2)7-5-11/h3-8H2,1-2H3. The number of amides is 1. The number of rotatable bonds is 1. The van der Waals surface area contributed by atoms with Gasteiger partial charge < -0.3 is 14.5 Å². The molecule has 0 bridgehead atoms. The lowest BCUT2D eigenvalue weighted by molar-refractivity contribution is -0.189. The van der Waals surface area contributed by atoms with Crippen molar-refractivity contribution in [2.24, 2.45) is 0 Å². The van der Waals surface area contributed by atoms with Crippen molar-refractivity contribution >= 4 is 11.9 Å². The van der Waals surface area contributed by atoms with Crippen molar-refractivity contribution in [1.82, 2.24) is 9.80 Å². The number of hydrogen-bond acceptors (Lipinski definition) is 4. The Bertz CT molecular complexity index is 308. The van der Waals surface area contributed by atoms with Crippen LogP contribution in [0.3, 0.4) is 0 Å². The first kappa shape index (κ1) is 11.4. The zero-order valence-electron chi connectivity index (χ0n) is 9.86. The Morgan fingerprint density at radius 2 is 1.94 bits per heavy atom. The second kappa shape index (κ2) is 4.05. The minimum atomic E-state index is -0.683. The van der Waals surface area contributed by atoms with Gasteiger partial charge in [0.05, 0.1) is 6.54 Å². The summed E-state index contributed by atoms with van der Waals surface area (Å²) < 4.78 is 5.35. The molecule has 2 fully saturated rings. The van der Waals surface area contributed by atoms with E-state index in [2.05, 4.69) is 11.9 Å². The van der Waals surface area contributed by atoms with Crippen LogP contribution >= 0.6 is 0 Å². The minimum absolute atomic E-state index is 0.423. The number of hydrogen-bond donors (Lipinski definition) is 0. The number of morpholine rings is 1. The van der Waals surface area contributed by atoms with E-state index in [1.165, 1.54) is 0 Å². The summed E-state index contributed by atoms with van der Waals surface area (Å²) in [5, 5.41) is 0. The maximum Gasteiger partial charge on any atom is 0.397 e. The van der Waals surface area contributed by atoms with Gasteiger partial charge >= 0.3 is 11.9 Å². The Hall–Kier alpha value is -1.10. The fraction of sp³-hybridized carbons (Fsp3) is 0.818. The largest absolute Gasteiger partial charge is 0.450 e. The third-order valence-electron chi connectivity index (χ3n) is 3.53. The monoisotopic (exact) mass is 226 g/mol. The molecule has 0 radical (unpaired) electrons. The topological polar surface area (TPSA) is 49.9 Å². The van der Waals surface area contributed by atoms with E-state index in [0.717, 1.165) is 25.9 Å². The zero-order valence-corrected chi connectivity index (χ0v) is 9.86. The molecule has 2 aliphatic heterocycles. The van der Waals surface area contributed by atoms with Gasteiger partial charge in [-0.15, -0.1) is 0 Å². The van der Waals surface area contributed by atoms with Crippen molar-refractivity contribution in [2.75, 3.05) is 33.2 Å². The molecule has 0 N–H and O–H groups in total. The summed E-state index contributed by atoms with van der Waals surface area (Å²) in [5.41, 5.74) is -0.423. The molecule has 1 amide bonds. The van der Waals surface area contributed by atoms with Crippen LogP contribution in [0.2, 0.25) is 0 Å². The quantitative estimate of drug-likeness (QED) is 0.461. The fourth-order valence-corrected chi connectivity index (χ4v) is 2.36. The van der Waals surface area contributed by atoms with Crippen LogP contribution in [0.25, 0.3) is 0 Å². The lowest BCUT2D eigenvalue weighted by atomic mass is 9.89. The van der Waals surface area contributed by atoms with E-state index in [4.69, 9.17) is 4.74 Å². The summed E-state index contributed by atoms with van der Waals surface area (Å²) in [6.45, 7) is 4.85. The van der Waals surface area contributed by atoms with Crippen LogP contribution in [0.4, 0.5) is 0 Å². The average Bonchev–Trinajstić information content (AvgIpc) is 2.28. The van der Waals surface area contributed by atoms with Crippen LogP contribution in [0.5, 0.6) is 0 Å². The third kappa shape index (κ3) is 1.91. The minimum Gasteiger partial charge on any atom is -0.450 e. The van der Waals surface area contributed by atoms with Gasteiger partial charge in [-0.05, 0) is 14.0 Å². The predicted molar refractivity (Wildman–Crippen MR) is 57.8 cm³/mol. The maximum absolute atomic E-state index is 11.5. The van der Waals surface area contributed by atoms with E-state index in [1.807, 2.05) is 6.92 Å². The van der Waals surface area contributed by atoms with E-state index < -0.39 is 17.5 Å². The molecule has 5 nitrogen and oxygen atoms in total.